The summed E-state index contributed by atoms with van der Waals surface area (Å²) in [6.07, 6.45) is 1.90. The first-order chi connectivity index (χ1) is 10.1. The number of nitrogens with one attached hydrogen (secondary N) is 1. The number of amides is 1. The summed E-state index contributed by atoms with van der Waals surface area (Å²) in [6, 6.07) is 9.71. The number of hydrogen-bond donors (Lipinski definition) is 2. The maximum absolute atomic E-state index is 11.9. The largest absolute Gasteiger partial charge is 0.480 e. The van der Waals surface area contributed by atoms with Gasteiger partial charge in [0, 0.05) is 0 Å². The molecule has 1 atom stereocenters. The number of carbonyl (C=O) groups is 2. The first-order valence-corrected chi connectivity index (χ1v) is 7.22. The Morgan fingerprint density at radius 3 is 2.29 bits per heavy atom. The van der Waals surface area contributed by atoms with Crippen LogP contribution in [0.2, 0.25) is 0 Å². The second kappa shape index (κ2) is 9.13. The molecule has 0 aliphatic rings. The van der Waals surface area contributed by atoms with Gasteiger partial charge in [-0.05, 0) is 11.5 Å². The van der Waals surface area contributed by atoms with Crippen molar-refractivity contribution in [2.75, 3.05) is 13.2 Å². The standard InChI is InChI=1S/C16H23NO4/c1-3-12(4-2)16(13-8-6-5-7-9-13)17-14(18)10-21-11-15(19)20/h5-9,12,16H,3-4,10-11H2,1-2H3,(H,17,18)(H,19,20). The first-order valence-electron chi connectivity index (χ1n) is 7.22. The zero-order valence-electron chi connectivity index (χ0n) is 12.5. The Hall–Kier alpha value is -1.88. The van der Waals surface area contributed by atoms with Crippen molar-refractivity contribution in [1.29, 1.82) is 0 Å². The fraction of sp³-hybridized carbons (Fsp3) is 0.500. The van der Waals surface area contributed by atoms with E-state index >= 15 is 0 Å². The van der Waals surface area contributed by atoms with Gasteiger partial charge in [0.1, 0.15) is 13.2 Å². The Morgan fingerprint density at radius 1 is 1.14 bits per heavy atom. The Kier molecular flexibility index (Phi) is 7.46. The summed E-state index contributed by atoms with van der Waals surface area (Å²) in [4.78, 5) is 22.3. The van der Waals surface area contributed by atoms with Gasteiger partial charge >= 0.3 is 5.97 Å². The zero-order valence-corrected chi connectivity index (χ0v) is 12.5. The lowest BCUT2D eigenvalue weighted by Crippen LogP contribution is -2.36. The van der Waals surface area contributed by atoms with Gasteiger partial charge in [0.15, 0.2) is 0 Å². The highest BCUT2D eigenvalue weighted by Gasteiger charge is 2.22. The van der Waals surface area contributed by atoms with Gasteiger partial charge in [0.05, 0.1) is 6.04 Å². The topological polar surface area (TPSA) is 75.6 Å². The van der Waals surface area contributed by atoms with E-state index in [1.54, 1.807) is 0 Å². The van der Waals surface area contributed by atoms with Gasteiger partial charge in [-0.2, -0.15) is 0 Å². The van der Waals surface area contributed by atoms with Crippen molar-refractivity contribution in [2.45, 2.75) is 32.7 Å². The van der Waals surface area contributed by atoms with Crippen LogP contribution in [0.1, 0.15) is 38.3 Å². The summed E-state index contributed by atoms with van der Waals surface area (Å²) in [6.45, 7) is 3.48. The average Bonchev–Trinajstić information content (AvgIpc) is 2.48. The molecule has 116 valence electrons. The Morgan fingerprint density at radius 2 is 1.76 bits per heavy atom. The van der Waals surface area contributed by atoms with Crippen LogP contribution in [0.3, 0.4) is 0 Å². The van der Waals surface area contributed by atoms with Crippen molar-refractivity contribution in [3.63, 3.8) is 0 Å². The molecule has 1 aromatic carbocycles. The van der Waals surface area contributed by atoms with E-state index < -0.39 is 12.6 Å². The molecule has 5 nitrogen and oxygen atoms in total. The lowest BCUT2D eigenvalue weighted by atomic mass is 9.89. The Labute approximate surface area is 125 Å². The predicted molar refractivity (Wildman–Crippen MR) is 79.9 cm³/mol. The number of rotatable bonds is 9. The minimum Gasteiger partial charge on any atom is -0.480 e. The Balaban J connectivity index is 2.69. The van der Waals surface area contributed by atoms with E-state index in [0.29, 0.717) is 5.92 Å². The molecule has 0 spiro atoms. The van der Waals surface area contributed by atoms with Crippen LogP contribution in [0.15, 0.2) is 30.3 Å². The van der Waals surface area contributed by atoms with Crippen LogP contribution >= 0.6 is 0 Å². The van der Waals surface area contributed by atoms with Crippen molar-refractivity contribution in [3.05, 3.63) is 35.9 Å². The highest BCUT2D eigenvalue weighted by atomic mass is 16.5. The molecule has 0 aromatic heterocycles. The number of hydrogen-bond acceptors (Lipinski definition) is 3. The monoisotopic (exact) mass is 293 g/mol. The lowest BCUT2D eigenvalue weighted by molar-refractivity contribution is -0.143. The van der Waals surface area contributed by atoms with Crippen molar-refractivity contribution >= 4 is 11.9 Å². The van der Waals surface area contributed by atoms with E-state index in [0.717, 1.165) is 18.4 Å². The second-order valence-electron chi connectivity index (χ2n) is 4.92. The molecule has 0 fully saturated rings. The highest BCUT2D eigenvalue weighted by Crippen LogP contribution is 2.27. The number of carbonyl (C=O) groups excluding carboxylic acids is 1. The van der Waals surface area contributed by atoms with Crippen LogP contribution in [0.4, 0.5) is 0 Å². The molecule has 0 aliphatic heterocycles. The molecular weight excluding hydrogens is 270 g/mol. The molecule has 0 heterocycles. The quantitative estimate of drug-likeness (QED) is 0.733. The van der Waals surface area contributed by atoms with Crippen molar-refractivity contribution in [2.24, 2.45) is 5.92 Å². The number of carboxylic acid groups (broad SMARTS) is 1. The van der Waals surface area contributed by atoms with Crippen molar-refractivity contribution in [1.82, 2.24) is 5.32 Å². The van der Waals surface area contributed by atoms with E-state index in [4.69, 9.17) is 9.84 Å². The number of carboxylic acids is 1. The molecule has 5 heteroatoms. The highest BCUT2D eigenvalue weighted by molar-refractivity contribution is 5.78. The molecule has 0 bridgehead atoms. The molecule has 1 unspecified atom stereocenters. The summed E-state index contributed by atoms with van der Waals surface area (Å²) in [7, 11) is 0. The predicted octanol–water partition coefficient (Wildman–Crippen LogP) is 2.38. The van der Waals surface area contributed by atoms with E-state index in [2.05, 4.69) is 19.2 Å². The number of ether oxygens (including phenoxy) is 1. The fourth-order valence-corrected chi connectivity index (χ4v) is 2.34. The third kappa shape index (κ3) is 5.95. The molecule has 0 saturated heterocycles. The van der Waals surface area contributed by atoms with Gasteiger partial charge in [-0.1, -0.05) is 57.0 Å². The smallest absolute Gasteiger partial charge is 0.329 e. The summed E-state index contributed by atoms with van der Waals surface area (Å²) in [5.74, 6) is -1.05. The number of benzene rings is 1. The number of aliphatic carboxylic acids is 1. The van der Waals surface area contributed by atoms with E-state index in [-0.39, 0.29) is 18.6 Å². The summed E-state index contributed by atoms with van der Waals surface area (Å²) >= 11 is 0. The summed E-state index contributed by atoms with van der Waals surface area (Å²) in [5, 5.41) is 11.4. The van der Waals surface area contributed by atoms with Gasteiger partial charge in [0.2, 0.25) is 5.91 Å². The second-order valence-corrected chi connectivity index (χ2v) is 4.92. The summed E-state index contributed by atoms with van der Waals surface area (Å²) < 4.78 is 4.83. The van der Waals surface area contributed by atoms with Crippen molar-refractivity contribution < 1.29 is 19.4 Å². The molecule has 0 saturated carbocycles. The van der Waals surface area contributed by atoms with Crippen LogP contribution in [0.5, 0.6) is 0 Å². The molecule has 0 radical (unpaired) electrons. The van der Waals surface area contributed by atoms with Crippen LogP contribution in [0.25, 0.3) is 0 Å². The first kappa shape index (κ1) is 17.2. The van der Waals surface area contributed by atoms with Crippen LogP contribution in [-0.4, -0.2) is 30.2 Å². The minimum absolute atomic E-state index is 0.0814. The van der Waals surface area contributed by atoms with Crippen LogP contribution in [-0.2, 0) is 14.3 Å². The molecule has 0 aliphatic carbocycles. The molecule has 1 rings (SSSR count). The summed E-state index contributed by atoms with van der Waals surface area (Å²) in [5.41, 5.74) is 1.05. The molecule has 1 aromatic rings. The van der Waals surface area contributed by atoms with Gasteiger partial charge < -0.3 is 15.2 Å². The zero-order chi connectivity index (χ0) is 15.7. The molecular formula is C16H23NO4. The maximum Gasteiger partial charge on any atom is 0.329 e. The van der Waals surface area contributed by atoms with E-state index in [9.17, 15) is 9.59 Å². The lowest BCUT2D eigenvalue weighted by Gasteiger charge is -2.27. The molecule has 21 heavy (non-hydrogen) atoms. The third-order valence-corrected chi connectivity index (χ3v) is 3.45. The van der Waals surface area contributed by atoms with E-state index in [1.807, 2.05) is 30.3 Å². The van der Waals surface area contributed by atoms with Gasteiger partial charge in [0.25, 0.3) is 0 Å². The van der Waals surface area contributed by atoms with Gasteiger partial charge in [-0.25, -0.2) is 4.79 Å². The normalized spacial score (nSPS) is 12.1. The maximum atomic E-state index is 11.9. The Bertz CT molecular complexity index is 443. The van der Waals surface area contributed by atoms with Crippen LogP contribution in [0, 0.1) is 5.92 Å². The van der Waals surface area contributed by atoms with Crippen LogP contribution < -0.4 is 5.32 Å². The molecule has 2 N–H and O–H groups in total. The SMILES string of the molecule is CCC(CC)C(NC(=O)COCC(=O)O)c1ccccc1. The molecule has 1 amide bonds. The van der Waals surface area contributed by atoms with Gasteiger partial charge in [-0.3, -0.25) is 4.79 Å². The fourth-order valence-electron chi connectivity index (χ4n) is 2.34. The van der Waals surface area contributed by atoms with Gasteiger partial charge in [-0.15, -0.1) is 0 Å². The minimum atomic E-state index is -1.08. The third-order valence-electron chi connectivity index (χ3n) is 3.45. The van der Waals surface area contributed by atoms with E-state index in [1.165, 1.54) is 0 Å². The van der Waals surface area contributed by atoms with Crippen molar-refractivity contribution in [3.8, 4) is 0 Å². The average molecular weight is 293 g/mol.